The Morgan fingerprint density at radius 2 is 1.97 bits per heavy atom. The molecular formula is C20H15NO6S2. The fraction of sp³-hybridized carbons (Fsp3) is 0.150. The summed E-state index contributed by atoms with van der Waals surface area (Å²) in [5.74, 6) is 0.221. The predicted molar refractivity (Wildman–Crippen MR) is 113 cm³/mol. The number of fused-ring (bicyclic) bond motifs is 1. The number of thiocarbonyl (C=S) groups is 1. The van der Waals surface area contributed by atoms with Gasteiger partial charge in [-0.2, -0.15) is 0 Å². The summed E-state index contributed by atoms with van der Waals surface area (Å²) >= 11 is 6.58. The van der Waals surface area contributed by atoms with Crippen molar-refractivity contribution in [2.24, 2.45) is 0 Å². The van der Waals surface area contributed by atoms with Crippen molar-refractivity contribution in [3.63, 3.8) is 0 Å². The number of benzene rings is 2. The number of ether oxygens (including phenoxy) is 3. The molecule has 2 aliphatic rings. The molecular weight excluding hydrogens is 414 g/mol. The molecule has 0 saturated carbocycles. The highest BCUT2D eigenvalue weighted by molar-refractivity contribution is 8.27. The Morgan fingerprint density at radius 3 is 2.76 bits per heavy atom. The number of hydrogen-bond acceptors (Lipinski definition) is 7. The molecule has 1 saturated heterocycles. The van der Waals surface area contributed by atoms with Gasteiger partial charge in [-0.05, 0) is 24.3 Å². The first kappa shape index (κ1) is 19.3. The van der Waals surface area contributed by atoms with Crippen LogP contribution in [0.3, 0.4) is 0 Å². The summed E-state index contributed by atoms with van der Waals surface area (Å²) in [7, 11) is 0. The van der Waals surface area contributed by atoms with Crippen LogP contribution in [0.2, 0.25) is 0 Å². The minimum absolute atomic E-state index is 0.273. The standard InChI is InChI=1S/C20H15NO6S2/c22-18(23)11-27-14-4-2-1-3-12(14)9-17-19(24)21(20(28)29-17)13-5-6-15-16(10-13)26-8-7-25-15/h1-6,9-10H,7-8,11H2,(H,22,23)/b17-9-. The van der Waals surface area contributed by atoms with Gasteiger partial charge in [0.2, 0.25) is 0 Å². The number of carboxylic acid groups (broad SMARTS) is 1. The molecule has 1 fully saturated rings. The van der Waals surface area contributed by atoms with Gasteiger partial charge in [0.05, 0.1) is 10.6 Å². The summed E-state index contributed by atoms with van der Waals surface area (Å²) in [4.78, 5) is 25.6. The van der Waals surface area contributed by atoms with Crippen LogP contribution >= 0.6 is 24.0 Å². The second-order valence-electron chi connectivity index (χ2n) is 6.07. The highest BCUT2D eigenvalue weighted by Gasteiger charge is 2.34. The Morgan fingerprint density at radius 1 is 1.21 bits per heavy atom. The molecule has 2 aromatic carbocycles. The SMILES string of the molecule is O=C(O)COc1ccccc1/C=C1\SC(=S)N(c2ccc3c(c2)OCCO3)C1=O. The molecule has 0 aliphatic carbocycles. The van der Waals surface area contributed by atoms with Crippen LogP contribution in [-0.2, 0) is 9.59 Å². The number of aliphatic carboxylic acids is 1. The van der Waals surface area contributed by atoms with Gasteiger partial charge in [0, 0.05) is 11.6 Å². The van der Waals surface area contributed by atoms with Crippen LogP contribution in [0.15, 0.2) is 47.4 Å². The number of anilines is 1. The van der Waals surface area contributed by atoms with Gasteiger partial charge >= 0.3 is 5.97 Å². The average Bonchev–Trinajstić information content (AvgIpc) is 3.00. The summed E-state index contributed by atoms with van der Waals surface area (Å²) in [5, 5.41) is 8.83. The summed E-state index contributed by atoms with van der Waals surface area (Å²) in [5.41, 5.74) is 1.19. The minimum Gasteiger partial charge on any atom is -0.486 e. The Hall–Kier alpha value is -3.04. The molecule has 0 spiro atoms. The van der Waals surface area contributed by atoms with E-state index in [1.165, 1.54) is 16.7 Å². The number of carbonyl (C=O) groups is 2. The molecule has 29 heavy (non-hydrogen) atoms. The lowest BCUT2D eigenvalue weighted by Crippen LogP contribution is -2.27. The maximum absolute atomic E-state index is 13.0. The molecule has 7 nitrogen and oxygen atoms in total. The quantitative estimate of drug-likeness (QED) is 0.572. The summed E-state index contributed by atoms with van der Waals surface area (Å²) in [6, 6.07) is 12.1. The highest BCUT2D eigenvalue weighted by Crippen LogP contribution is 2.40. The fourth-order valence-corrected chi connectivity index (χ4v) is 4.16. The third-order valence-electron chi connectivity index (χ3n) is 4.13. The van der Waals surface area contributed by atoms with Crippen LogP contribution in [0, 0.1) is 0 Å². The lowest BCUT2D eigenvalue weighted by molar-refractivity contribution is -0.139. The summed E-state index contributed by atoms with van der Waals surface area (Å²) in [6.07, 6.45) is 1.65. The minimum atomic E-state index is -1.08. The molecule has 0 atom stereocenters. The van der Waals surface area contributed by atoms with Gasteiger partial charge in [0.25, 0.3) is 5.91 Å². The molecule has 148 valence electrons. The van der Waals surface area contributed by atoms with Crippen molar-refractivity contribution in [2.45, 2.75) is 0 Å². The van der Waals surface area contributed by atoms with Crippen molar-refractivity contribution in [3.8, 4) is 17.2 Å². The first-order valence-electron chi connectivity index (χ1n) is 8.64. The van der Waals surface area contributed by atoms with Gasteiger partial charge in [-0.15, -0.1) is 0 Å². The third-order valence-corrected chi connectivity index (χ3v) is 5.44. The Kier molecular flexibility index (Phi) is 5.41. The van der Waals surface area contributed by atoms with Crippen LogP contribution in [-0.4, -0.2) is 41.1 Å². The van der Waals surface area contributed by atoms with Crippen molar-refractivity contribution in [1.29, 1.82) is 0 Å². The van der Waals surface area contributed by atoms with Gasteiger partial charge in [-0.1, -0.05) is 42.2 Å². The number of nitrogens with zero attached hydrogens (tertiary/aromatic N) is 1. The topological polar surface area (TPSA) is 85.3 Å². The van der Waals surface area contributed by atoms with Crippen LogP contribution in [0.5, 0.6) is 17.2 Å². The molecule has 2 heterocycles. The molecule has 0 radical (unpaired) electrons. The monoisotopic (exact) mass is 429 g/mol. The number of carbonyl (C=O) groups excluding carboxylic acids is 1. The van der Waals surface area contributed by atoms with Crippen LogP contribution in [0.25, 0.3) is 6.08 Å². The zero-order valence-corrected chi connectivity index (χ0v) is 16.6. The van der Waals surface area contributed by atoms with Gasteiger partial charge in [-0.25, -0.2) is 4.79 Å². The maximum atomic E-state index is 13.0. The molecule has 2 aliphatic heterocycles. The van der Waals surface area contributed by atoms with Crippen molar-refractivity contribution in [3.05, 3.63) is 52.9 Å². The van der Waals surface area contributed by atoms with E-state index in [0.29, 0.717) is 50.9 Å². The van der Waals surface area contributed by atoms with E-state index >= 15 is 0 Å². The number of rotatable bonds is 5. The van der Waals surface area contributed by atoms with Gasteiger partial charge < -0.3 is 19.3 Å². The first-order chi connectivity index (χ1) is 14.0. The summed E-state index contributed by atoms with van der Waals surface area (Å²) in [6.45, 7) is 0.463. The second-order valence-corrected chi connectivity index (χ2v) is 7.74. The molecule has 0 bridgehead atoms. The largest absolute Gasteiger partial charge is 0.486 e. The molecule has 2 aromatic rings. The second kappa shape index (κ2) is 8.14. The van der Waals surface area contributed by atoms with E-state index in [9.17, 15) is 9.59 Å². The Labute approximate surface area is 175 Å². The Bertz CT molecular complexity index is 1040. The lowest BCUT2D eigenvalue weighted by Gasteiger charge is -2.21. The van der Waals surface area contributed by atoms with E-state index in [1.807, 2.05) is 0 Å². The predicted octanol–water partition coefficient (Wildman–Crippen LogP) is 3.33. The van der Waals surface area contributed by atoms with Crippen molar-refractivity contribution < 1.29 is 28.9 Å². The van der Waals surface area contributed by atoms with Crippen molar-refractivity contribution >= 4 is 51.9 Å². The number of hydrogen-bond donors (Lipinski definition) is 1. The van der Waals surface area contributed by atoms with E-state index in [2.05, 4.69) is 0 Å². The van der Waals surface area contributed by atoms with Crippen LogP contribution in [0.1, 0.15) is 5.56 Å². The van der Waals surface area contributed by atoms with Crippen LogP contribution in [0.4, 0.5) is 5.69 Å². The lowest BCUT2D eigenvalue weighted by atomic mass is 10.2. The average molecular weight is 429 g/mol. The van der Waals surface area contributed by atoms with Gasteiger partial charge in [0.15, 0.2) is 22.4 Å². The Balaban J connectivity index is 1.61. The van der Waals surface area contributed by atoms with Gasteiger partial charge in [-0.3, -0.25) is 9.69 Å². The molecule has 0 unspecified atom stereocenters. The molecule has 1 N–H and O–H groups in total. The first-order valence-corrected chi connectivity index (χ1v) is 9.86. The van der Waals surface area contributed by atoms with Gasteiger partial charge in [0.1, 0.15) is 19.0 Å². The zero-order valence-electron chi connectivity index (χ0n) is 15.0. The number of thioether (sulfide) groups is 1. The number of para-hydroxylation sites is 1. The van der Waals surface area contributed by atoms with E-state index in [1.54, 1.807) is 48.5 Å². The molecule has 4 rings (SSSR count). The molecule has 1 amide bonds. The van der Waals surface area contributed by atoms with Crippen molar-refractivity contribution in [2.75, 3.05) is 24.7 Å². The zero-order chi connectivity index (χ0) is 20.4. The third kappa shape index (κ3) is 4.06. The molecule has 0 aromatic heterocycles. The van der Waals surface area contributed by atoms with E-state index in [4.69, 9.17) is 31.5 Å². The normalized spacial score (nSPS) is 17.0. The number of carboxylic acids is 1. The van der Waals surface area contributed by atoms with E-state index in [-0.39, 0.29) is 5.91 Å². The highest BCUT2D eigenvalue weighted by atomic mass is 32.2. The molecule has 9 heteroatoms. The van der Waals surface area contributed by atoms with Crippen molar-refractivity contribution in [1.82, 2.24) is 0 Å². The fourth-order valence-electron chi connectivity index (χ4n) is 2.87. The smallest absolute Gasteiger partial charge is 0.341 e. The maximum Gasteiger partial charge on any atom is 0.341 e. The van der Waals surface area contributed by atoms with E-state index in [0.717, 1.165) is 0 Å². The van der Waals surface area contributed by atoms with E-state index < -0.39 is 12.6 Å². The van der Waals surface area contributed by atoms with Crippen LogP contribution < -0.4 is 19.1 Å². The summed E-state index contributed by atoms with van der Waals surface area (Å²) < 4.78 is 16.8. The number of amides is 1.